The van der Waals surface area contributed by atoms with Crippen molar-refractivity contribution in [3.05, 3.63) is 0 Å². The molecule has 2 unspecified atom stereocenters. The SMILES string of the molecule is CCCCCCCOC1CCC(C)(C)C1NCC. The van der Waals surface area contributed by atoms with Gasteiger partial charge in [0.25, 0.3) is 0 Å². The highest BCUT2D eigenvalue weighted by atomic mass is 16.5. The molecule has 0 spiro atoms. The van der Waals surface area contributed by atoms with Crippen molar-refractivity contribution in [1.29, 1.82) is 0 Å². The molecule has 1 aliphatic rings. The standard InChI is InChI=1S/C16H33NO/c1-5-7-8-9-10-13-18-14-11-12-16(3,4)15(14)17-6-2/h14-15,17H,5-13H2,1-4H3. The summed E-state index contributed by atoms with van der Waals surface area (Å²) in [6.45, 7) is 11.2. The zero-order valence-electron chi connectivity index (χ0n) is 12.9. The van der Waals surface area contributed by atoms with E-state index in [2.05, 4.69) is 33.0 Å². The van der Waals surface area contributed by atoms with Crippen molar-refractivity contribution in [2.24, 2.45) is 5.41 Å². The second-order valence-corrected chi connectivity index (χ2v) is 6.39. The van der Waals surface area contributed by atoms with Crippen LogP contribution in [0.3, 0.4) is 0 Å². The Morgan fingerprint density at radius 1 is 1.11 bits per heavy atom. The van der Waals surface area contributed by atoms with Crippen molar-refractivity contribution >= 4 is 0 Å². The molecule has 0 heterocycles. The van der Waals surface area contributed by atoms with Gasteiger partial charge in [-0.3, -0.25) is 0 Å². The lowest BCUT2D eigenvalue weighted by Gasteiger charge is -2.31. The molecular formula is C16H33NO. The van der Waals surface area contributed by atoms with Crippen LogP contribution < -0.4 is 5.32 Å². The van der Waals surface area contributed by atoms with Crippen molar-refractivity contribution in [1.82, 2.24) is 5.32 Å². The van der Waals surface area contributed by atoms with Gasteiger partial charge in [0.15, 0.2) is 0 Å². The summed E-state index contributed by atoms with van der Waals surface area (Å²) >= 11 is 0. The largest absolute Gasteiger partial charge is 0.377 e. The fourth-order valence-electron chi connectivity index (χ4n) is 3.09. The molecule has 18 heavy (non-hydrogen) atoms. The normalized spacial score (nSPS) is 26.7. The van der Waals surface area contributed by atoms with Crippen molar-refractivity contribution in [3.63, 3.8) is 0 Å². The molecule has 0 radical (unpaired) electrons. The van der Waals surface area contributed by atoms with Crippen LogP contribution in [0.25, 0.3) is 0 Å². The number of hydrogen-bond donors (Lipinski definition) is 1. The van der Waals surface area contributed by atoms with E-state index in [9.17, 15) is 0 Å². The summed E-state index contributed by atoms with van der Waals surface area (Å²) in [7, 11) is 0. The Balaban J connectivity index is 2.20. The Labute approximate surface area is 114 Å². The highest BCUT2D eigenvalue weighted by Gasteiger charge is 2.41. The molecule has 0 aromatic carbocycles. The zero-order valence-corrected chi connectivity index (χ0v) is 12.9. The lowest BCUT2D eigenvalue weighted by atomic mass is 9.87. The summed E-state index contributed by atoms with van der Waals surface area (Å²) in [5.41, 5.74) is 0.392. The average Bonchev–Trinajstić information content (AvgIpc) is 2.61. The van der Waals surface area contributed by atoms with Crippen molar-refractivity contribution in [2.45, 2.75) is 84.8 Å². The van der Waals surface area contributed by atoms with Crippen LogP contribution in [-0.4, -0.2) is 25.3 Å². The third kappa shape index (κ3) is 4.89. The highest BCUT2D eigenvalue weighted by Crippen LogP contribution is 2.39. The predicted octanol–water partition coefficient (Wildman–Crippen LogP) is 4.14. The molecule has 1 fully saturated rings. The van der Waals surface area contributed by atoms with Crippen molar-refractivity contribution < 1.29 is 4.74 Å². The number of unbranched alkanes of at least 4 members (excludes halogenated alkanes) is 4. The van der Waals surface area contributed by atoms with E-state index in [-0.39, 0.29) is 0 Å². The molecule has 0 bridgehead atoms. The number of nitrogens with one attached hydrogen (secondary N) is 1. The van der Waals surface area contributed by atoms with Crippen molar-refractivity contribution in [3.8, 4) is 0 Å². The molecule has 1 N–H and O–H groups in total. The summed E-state index contributed by atoms with van der Waals surface area (Å²) in [6.07, 6.45) is 9.56. The highest BCUT2D eigenvalue weighted by molar-refractivity contribution is 4.97. The van der Waals surface area contributed by atoms with Crippen LogP contribution in [0.1, 0.15) is 72.6 Å². The lowest BCUT2D eigenvalue weighted by Crippen LogP contribution is -2.45. The van der Waals surface area contributed by atoms with Crippen LogP contribution in [0.5, 0.6) is 0 Å². The second kappa shape index (κ2) is 8.16. The van der Waals surface area contributed by atoms with Gasteiger partial charge >= 0.3 is 0 Å². The Bertz CT molecular complexity index is 215. The van der Waals surface area contributed by atoms with Crippen LogP contribution in [0, 0.1) is 5.41 Å². The van der Waals surface area contributed by atoms with Crippen molar-refractivity contribution in [2.75, 3.05) is 13.2 Å². The van der Waals surface area contributed by atoms with Crippen LogP contribution in [0.2, 0.25) is 0 Å². The molecule has 0 aromatic heterocycles. The molecule has 0 aliphatic heterocycles. The molecule has 1 saturated carbocycles. The van der Waals surface area contributed by atoms with Gasteiger partial charge in [-0.1, -0.05) is 53.4 Å². The van der Waals surface area contributed by atoms with E-state index in [0.29, 0.717) is 17.6 Å². The summed E-state index contributed by atoms with van der Waals surface area (Å²) < 4.78 is 6.12. The van der Waals surface area contributed by atoms with Gasteiger partial charge in [-0.15, -0.1) is 0 Å². The van der Waals surface area contributed by atoms with E-state index in [1.165, 1.54) is 44.9 Å². The van der Waals surface area contributed by atoms with E-state index < -0.39 is 0 Å². The van der Waals surface area contributed by atoms with Crippen LogP contribution in [0.4, 0.5) is 0 Å². The van der Waals surface area contributed by atoms with Gasteiger partial charge in [-0.2, -0.15) is 0 Å². The zero-order chi connectivity index (χ0) is 13.4. The van der Waals surface area contributed by atoms with Crippen LogP contribution in [-0.2, 0) is 4.74 Å². The van der Waals surface area contributed by atoms with E-state index in [1.807, 2.05) is 0 Å². The molecule has 2 nitrogen and oxygen atoms in total. The molecule has 108 valence electrons. The fourth-order valence-corrected chi connectivity index (χ4v) is 3.09. The van der Waals surface area contributed by atoms with E-state index in [0.717, 1.165) is 13.2 Å². The summed E-state index contributed by atoms with van der Waals surface area (Å²) in [5.74, 6) is 0. The lowest BCUT2D eigenvalue weighted by molar-refractivity contribution is 0.0251. The van der Waals surface area contributed by atoms with Crippen LogP contribution >= 0.6 is 0 Å². The first-order valence-corrected chi connectivity index (χ1v) is 7.96. The summed E-state index contributed by atoms with van der Waals surface area (Å²) in [6, 6.07) is 0.540. The molecule has 0 saturated heterocycles. The van der Waals surface area contributed by atoms with Gasteiger partial charge in [-0.05, 0) is 31.2 Å². The molecule has 2 atom stereocenters. The smallest absolute Gasteiger partial charge is 0.0733 e. The Hall–Kier alpha value is -0.0800. The maximum Gasteiger partial charge on any atom is 0.0733 e. The average molecular weight is 255 g/mol. The van der Waals surface area contributed by atoms with Crippen LogP contribution in [0.15, 0.2) is 0 Å². The molecule has 0 amide bonds. The Morgan fingerprint density at radius 3 is 2.50 bits per heavy atom. The third-order valence-electron chi connectivity index (χ3n) is 4.29. The molecule has 1 rings (SSSR count). The molecule has 0 aromatic rings. The number of rotatable bonds is 9. The van der Waals surface area contributed by atoms with Gasteiger partial charge in [0, 0.05) is 12.6 Å². The minimum atomic E-state index is 0.392. The van der Waals surface area contributed by atoms with Gasteiger partial charge in [-0.25, -0.2) is 0 Å². The minimum Gasteiger partial charge on any atom is -0.377 e. The third-order valence-corrected chi connectivity index (χ3v) is 4.29. The van der Waals surface area contributed by atoms with Gasteiger partial charge in [0.05, 0.1) is 6.10 Å². The maximum absolute atomic E-state index is 6.12. The molecular weight excluding hydrogens is 222 g/mol. The number of hydrogen-bond acceptors (Lipinski definition) is 2. The Morgan fingerprint density at radius 2 is 1.83 bits per heavy atom. The van der Waals surface area contributed by atoms with E-state index in [4.69, 9.17) is 4.74 Å². The summed E-state index contributed by atoms with van der Waals surface area (Å²) in [5, 5.41) is 3.62. The van der Waals surface area contributed by atoms with E-state index in [1.54, 1.807) is 0 Å². The van der Waals surface area contributed by atoms with E-state index >= 15 is 0 Å². The monoisotopic (exact) mass is 255 g/mol. The van der Waals surface area contributed by atoms with Gasteiger partial charge < -0.3 is 10.1 Å². The van der Waals surface area contributed by atoms with Gasteiger partial charge in [0.1, 0.15) is 0 Å². The predicted molar refractivity (Wildman–Crippen MR) is 79.0 cm³/mol. The topological polar surface area (TPSA) is 21.3 Å². The second-order valence-electron chi connectivity index (χ2n) is 6.39. The quantitative estimate of drug-likeness (QED) is 0.625. The fraction of sp³-hybridized carbons (Fsp3) is 1.00. The first-order valence-electron chi connectivity index (χ1n) is 7.96. The first kappa shape index (κ1) is 16.0. The minimum absolute atomic E-state index is 0.392. The van der Waals surface area contributed by atoms with Gasteiger partial charge in [0.2, 0.25) is 0 Å². The summed E-state index contributed by atoms with van der Waals surface area (Å²) in [4.78, 5) is 0. The number of likely N-dealkylation sites (N-methyl/N-ethyl adjacent to an activating group) is 1. The number of ether oxygens (including phenoxy) is 1. The molecule has 1 aliphatic carbocycles. The Kier molecular flexibility index (Phi) is 7.25. The maximum atomic E-state index is 6.12. The first-order chi connectivity index (χ1) is 8.61. The molecule has 2 heteroatoms.